The van der Waals surface area contributed by atoms with Crippen molar-refractivity contribution in [2.75, 3.05) is 46.6 Å². The number of halogens is 1. The molecular formula is C32H48FN3O7. The zero-order valence-corrected chi connectivity index (χ0v) is 26.1. The fourth-order valence-electron chi connectivity index (χ4n) is 5.62. The van der Waals surface area contributed by atoms with E-state index in [0.29, 0.717) is 57.1 Å². The number of hydrogen-bond acceptors (Lipinski definition) is 7. The number of carbonyl (C=O) groups excluding carboxylic acids is 4. The predicted molar refractivity (Wildman–Crippen MR) is 159 cm³/mol. The van der Waals surface area contributed by atoms with Gasteiger partial charge in [0.15, 0.2) is 0 Å². The molecule has 0 aromatic heterocycles. The molecule has 2 heterocycles. The van der Waals surface area contributed by atoms with Crippen molar-refractivity contribution in [3.8, 4) is 5.75 Å². The van der Waals surface area contributed by atoms with Gasteiger partial charge in [0.2, 0.25) is 11.8 Å². The molecule has 3 amide bonds. The molecule has 0 spiro atoms. The van der Waals surface area contributed by atoms with Crippen LogP contribution in [0.15, 0.2) is 24.3 Å². The van der Waals surface area contributed by atoms with Gasteiger partial charge >= 0.3 is 12.1 Å². The number of rotatable bonds is 12. The van der Waals surface area contributed by atoms with Gasteiger partial charge in [-0.1, -0.05) is 12.1 Å². The third-order valence-corrected chi connectivity index (χ3v) is 7.89. The highest BCUT2D eigenvalue weighted by atomic mass is 19.1. The number of likely N-dealkylation sites (tertiary alicyclic amines) is 2. The van der Waals surface area contributed by atoms with Gasteiger partial charge in [0.25, 0.3) is 0 Å². The van der Waals surface area contributed by atoms with E-state index in [1.54, 1.807) is 28.0 Å². The van der Waals surface area contributed by atoms with E-state index >= 15 is 0 Å². The molecule has 2 saturated heterocycles. The van der Waals surface area contributed by atoms with Crippen LogP contribution in [0.3, 0.4) is 0 Å². The Bertz CT molecular complexity index is 1080. The highest BCUT2D eigenvalue weighted by Gasteiger charge is 2.31. The summed E-state index contributed by atoms with van der Waals surface area (Å²) in [4.78, 5) is 54.4. The number of esters is 1. The summed E-state index contributed by atoms with van der Waals surface area (Å²) < 4.78 is 28.2. The maximum absolute atomic E-state index is 13.3. The van der Waals surface area contributed by atoms with Crippen LogP contribution >= 0.6 is 0 Å². The average Bonchev–Trinajstić information content (AvgIpc) is 2.98. The SMILES string of the molecule is COC(=O)CC(Cc1cccc(OCCF)c1)NC(=O)[C@@H]1CCCN(C(=O)CCC2CCN(C(=O)OC(C)(C)C)CC2)C1. The molecule has 2 aliphatic heterocycles. The molecule has 2 atom stereocenters. The minimum atomic E-state index is -0.596. The Balaban J connectivity index is 1.49. The van der Waals surface area contributed by atoms with E-state index in [0.717, 1.165) is 31.2 Å². The standard InChI is InChI=1S/C32H48FN3O7/c1-32(2,3)43-31(40)35-16-12-23(13-17-35)10-11-28(37)36-15-6-8-25(22-36)30(39)34-26(21-29(38)41-4)19-24-7-5-9-27(20-24)42-18-14-33/h5,7,9,20,23,25-26H,6,8,10-19,21-22H2,1-4H3,(H,34,39)/t25-,26?/m1/s1. The van der Waals surface area contributed by atoms with E-state index < -0.39 is 24.3 Å². The molecule has 0 aliphatic carbocycles. The molecule has 1 aromatic carbocycles. The first-order valence-electron chi connectivity index (χ1n) is 15.4. The van der Waals surface area contributed by atoms with E-state index in [-0.39, 0.29) is 36.9 Å². The third kappa shape index (κ3) is 11.7. The maximum atomic E-state index is 13.3. The van der Waals surface area contributed by atoms with Crippen LogP contribution in [0.1, 0.15) is 71.3 Å². The van der Waals surface area contributed by atoms with Crippen molar-refractivity contribution in [3.63, 3.8) is 0 Å². The van der Waals surface area contributed by atoms with Crippen molar-refractivity contribution < 1.29 is 37.8 Å². The van der Waals surface area contributed by atoms with Gasteiger partial charge in [-0.2, -0.15) is 0 Å². The molecule has 43 heavy (non-hydrogen) atoms. The zero-order chi connectivity index (χ0) is 31.4. The third-order valence-electron chi connectivity index (χ3n) is 7.89. The number of nitrogens with one attached hydrogen (secondary N) is 1. The summed E-state index contributed by atoms with van der Waals surface area (Å²) in [7, 11) is 1.31. The van der Waals surface area contributed by atoms with Crippen molar-refractivity contribution in [1.82, 2.24) is 15.1 Å². The summed E-state index contributed by atoms with van der Waals surface area (Å²) in [5, 5.41) is 3.01. The first kappa shape index (κ1) is 34.1. The van der Waals surface area contributed by atoms with Crippen LogP contribution in [0.25, 0.3) is 0 Å². The second kappa shape index (κ2) is 16.5. The lowest BCUT2D eigenvalue weighted by Crippen LogP contribution is -2.48. The molecule has 240 valence electrons. The minimum absolute atomic E-state index is 0.0000853. The van der Waals surface area contributed by atoms with Crippen LogP contribution in [0, 0.1) is 11.8 Å². The van der Waals surface area contributed by atoms with Gasteiger partial charge in [-0.25, -0.2) is 9.18 Å². The second-order valence-corrected chi connectivity index (χ2v) is 12.5. The topological polar surface area (TPSA) is 114 Å². The number of methoxy groups -OCH3 is 1. The molecule has 0 saturated carbocycles. The van der Waals surface area contributed by atoms with E-state index in [1.165, 1.54) is 7.11 Å². The van der Waals surface area contributed by atoms with Crippen LogP contribution in [0.2, 0.25) is 0 Å². The zero-order valence-electron chi connectivity index (χ0n) is 26.1. The molecule has 0 bridgehead atoms. The molecule has 1 N–H and O–H groups in total. The smallest absolute Gasteiger partial charge is 0.410 e. The average molecular weight is 606 g/mol. The van der Waals surface area contributed by atoms with Gasteiger partial charge in [0.05, 0.1) is 19.4 Å². The Kier molecular flexibility index (Phi) is 13.1. The molecular weight excluding hydrogens is 557 g/mol. The fourth-order valence-corrected chi connectivity index (χ4v) is 5.62. The van der Waals surface area contributed by atoms with Gasteiger partial charge in [-0.3, -0.25) is 14.4 Å². The summed E-state index contributed by atoms with van der Waals surface area (Å²) in [6, 6.07) is 6.65. The number of ether oxygens (including phenoxy) is 3. The summed E-state index contributed by atoms with van der Waals surface area (Å²) >= 11 is 0. The minimum Gasteiger partial charge on any atom is -0.491 e. The summed E-state index contributed by atoms with van der Waals surface area (Å²) in [5.41, 5.74) is 0.313. The van der Waals surface area contributed by atoms with Crippen LogP contribution < -0.4 is 10.1 Å². The Labute approximate surface area is 254 Å². The van der Waals surface area contributed by atoms with Crippen LogP contribution in [-0.4, -0.2) is 91.9 Å². The largest absolute Gasteiger partial charge is 0.491 e. The highest BCUT2D eigenvalue weighted by molar-refractivity contribution is 5.82. The molecule has 1 aromatic rings. The summed E-state index contributed by atoms with van der Waals surface area (Å²) in [6.45, 7) is 7.14. The number of piperidine rings is 2. The van der Waals surface area contributed by atoms with E-state index in [4.69, 9.17) is 14.2 Å². The van der Waals surface area contributed by atoms with Gasteiger partial charge in [-0.05, 0) is 82.9 Å². The molecule has 10 nitrogen and oxygen atoms in total. The van der Waals surface area contributed by atoms with E-state index in [1.807, 2.05) is 26.8 Å². The van der Waals surface area contributed by atoms with Crippen LogP contribution in [-0.2, 0) is 30.3 Å². The molecule has 1 unspecified atom stereocenters. The molecule has 3 rings (SSSR count). The van der Waals surface area contributed by atoms with E-state index in [2.05, 4.69) is 5.32 Å². The number of carbonyl (C=O) groups is 4. The lowest BCUT2D eigenvalue weighted by Gasteiger charge is -2.35. The molecule has 2 aliphatic rings. The first-order valence-corrected chi connectivity index (χ1v) is 15.4. The number of nitrogens with zero attached hydrogens (tertiary/aromatic N) is 2. The lowest BCUT2D eigenvalue weighted by molar-refractivity contribution is -0.141. The molecule has 11 heteroatoms. The van der Waals surface area contributed by atoms with Gasteiger partial charge < -0.3 is 29.3 Å². The maximum Gasteiger partial charge on any atom is 0.410 e. The van der Waals surface area contributed by atoms with Gasteiger partial charge in [0, 0.05) is 38.6 Å². The Morgan fingerprint density at radius 1 is 1.07 bits per heavy atom. The quantitative estimate of drug-likeness (QED) is 0.354. The van der Waals surface area contributed by atoms with Gasteiger partial charge in [-0.15, -0.1) is 0 Å². The number of benzene rings is 1. The fraction of sp³-hybridized carbons (Fsp3) is 0.688. The first-order chi connectivity index (χ1) is 20.5. The van der Waals surface area contributed by atoms with Crippen molar-refractivity contribution >= 4 is 23.9 Å². The van der Waals surface area contributed by atoms with Crippen molar-refractivity contribution in [1.29, 1.82) is 0 Å². The summed E-state index contributed by atoms with van der Waals surface area (Å²) in [5.74, 6) is -0.0597. The lowest BCUT2D eigenvalue weighted by atomic mass is 9.91. The Morgan fingerprint density at radius 3 is 2.49 bits per heavy atom. The van der Waals surface area contributed by atoms with Crippen molar-refractivity contribution in [3.05, 3.63) is 29.8 Å². The van der Waals surface area contributed by atoms with Crippen LogP contribution in [0.4, 0.5) is 9.18 Å². The molecule has 2 fully saturated rings. The van der Waals surface area contributed by atoms with Crippen molar-refractivity contribution in [2.45, 2.75) is 83.8 Å². The van der Waals surface area contributed by atoms with E-state index in [9.17, 15) is 23.6 Å². The van der Waals surface area contributed by atoms with Crippen molar-refractivity contribution in [2.24, 2.45) is 11.8 Å². The Hall–Kier alpha value is -3.37. The van der Waals surface area contributed by atoms with Crippen LogP contribution in [0.5, 0.6) is 5.75 Å². The monoisotopic (exact) mass is 605 g/mol. The number of hydrogen-bond donors (Lipinski definition) is 1. The predicted octanol–water partition coefficient (Wildman–Crippen LogP) is 4.29. The highest BCUT2D eigenvalue weighted by Crippen LogP contribution is 2.25. The van der Waals surface area contributed by atoms with Gasteiger partial charge in [0.1, 0.15) is 24.6 Å². The number of amides is 3. The molecule has 0 radical (unpaired) electrons. The Morgan fingerprint density at radius 2 is 1.81 bits per heavy atom. The second-order valence-electron chi connectivity index (χ2n) is 12.5. The summed E-state index contributed by atoms with van der Waals surface area (Å²) in [6.07, 6.45) is 4.32. The normalized spacial score (nSPS) is 18.5. The number of alkyl halides is 1.